The van der Waals surface area contributed by atoms with E-state index in [-0.39, 0.29) is 11.3 Å². The van der Waals surface area contributed by atoms with E-state index in [4.69, 9.17) is 4.84 Å². The van der Waals surface area contributed by atoms with Gasteiger partial charge in [0.15, 0.2) is 0 Å². The maximum Gasteiger partial charge on any atom is 0.250 e. The van der Waals surface area contributed by atoms with Gasteiger partial charge in [-0.25, -0.2) is 5.48 Å². The van der Waals surface area contributed by atoms with Crippen LogP contribution in [-0.2, 0) is 9.63 Å². The van der Waals surface area contributed by atoms with Gasteiger partial charge >= 0.3 is 0 Å². The molecule has 4 heteroatoms. The topological polar surface area (TPSA) is 50.4 Å². The van der Waals surface area contributed by atoms with Crippen LogP contribution in [0, 0.1) is 5.41 Å². The molecule has 1 saturated heterocycles. The van der Waals surface area contributed by atoms with Crippen molar-refractivity contribution in [2.24, 2.45) is 5.41 Å². The van der Waals surface area contributed by atoms with Gasteiger partial charge in [-0.05, 0) is 33.2 Å². The highest BCUT2D eigenvalue weighted by atomic mass is 16.6. The predicted octanol–water partition coefficient (Wildman–Crippen LogP) is 0.444. The summed E-state index contributed by atoms with van der Waals surface area (Å²) < 4.78 is 0. The van der Waals surface area contributed by atoms with Crippen LogP contribution in [0.4, 0.5) is 0 Å². The Bertz CT molecular complexity index is 176. The lowest BCUT2D eigenvalue weighted by Crippen LogP contribution is -2.48. The Morgan fingerprint density at radius 2 is 2.46 bits per heavy atom. The molecule has 1 unspecified atom stereocenters. The molecule has 76 valence electrons. The molecule has 0 radical (unpaired) electrons. The molecular formula is C9H18N2O2. The molecule has 1 heterocycles. The molecule has 0 aromatic heterocycles. The lowest BCUT2D eigenvalue weighted by atomic mass is 9.82. The Hall–Kier alpha value is -0.610. The molecular weight excluding hydrogens is 168 g/mol. The number of nitrogens with one attached hydrogen (secondary N) is 2. The maximum absolute atomic E-state index is 11.6. The van der Waals surface area contributed by atoms with E-state index in [1.165, 1.54) is 0 Å². The van der Waals surface area contributed by atoms with E-state index in [1.807, 2.05) is 13.8 Å². The Labute approximate surface area is 79.0 Å². The molecule has 1 aliphatic heterocycles. The molecule has 2 N–H and O–H groups in total. The van der Waals surface area contributed by atoms with Crippen LogP contribution in [0.1, 0.15) is 26.7 Å². The van der Waals surface area contributed by atoms with Gasteiger partial charge in [0.25, 0.3) is 5.91 Å². The summed E-state index contributed by atoms with van der Waals surface area (Å²) >= 11 is 0. The smallest absolute Gasteiger partial charge is 0.250 e. The van der Waals surface area contributed by atoms with Gasteiger partial charge in [0, 0.05) is 6.54 Å². The van der Waals surface area contributed by atoms with Gasteiger partial charge in [-0.2, -0.15) is 0 Å². The van der Waals surface area contributed by atoms with Crippen LogP contribution >= 0.6 is 0 Å². The maximum atomic E-state index is 11.6. The van der Waals surface area contributed by atoms with Crippen molar-refractivity contribution in [1.29, 1.82) is 0 Å². The standard InChI is InChI=1S/C9H18N2O2/c1-3-13-11-8(12)9(2)5-4-6-10-7-9/h10H,3-7H2,1-2H3,(H,11,12). The number of hydroxylamine groups is 1. The molecule has 0 aromatic rings. The number of carbonyl (C=O) groups is 1. The van der Waals surface area contributed by atoms with Crippen LogP contribution in [0.2, 0.25) is 0 Å². The van der Waals surface area contributed by atoms with Crippen molar-refractivity contribution in [3.05, 3.63) is 0 Å². The average Bonchev–Trinajstić information content (AvgIpc) is 2.15. The van der Waals surface area contributed by atoms with E-state index in [0.717, 1.165) is 25.9 Å². The summed E-state index contributed by atoms with van der Waals surface area (Å²) in [4.78, 5) is 16.5. The fraction of sp³-hybridized carbons (Fsp3) is 0.889. The number of piperidine rings is 1. The summed E-state index contributed by atoms with van der Waals surface area (Å²) in [6.45, 7) is 6.08. The van der Waals surface area contributed by atoms with Crippen LogP contribution < -0.4 is 10.8 Å². The van der Waals surface area contributed by atoms with Crippen molar-refractivity contribution < 1.29 is 9.63 Å². The van der Waals surface area contributed by atoms with Crippen molar-refractivity contribution in [1.82, 2.24) is 10.8 Å². The predicted molar refractivity (Wildman–Crippen MR) is 50.0 cm³/mol. The first kappa shape index (κ1) is 10.5. The van der Waals surface area contributed by atoms with E-state index >= 15 is 0 Å². The highest BCUT2D eigenvalue weighted by molar-refractivity contribution is 5.81. The number of rotatable bonds is 3. The molecule has 1 fully saturated rings. The van der Waals surface area contributed by atoms with Gasteiger partial charge in [-0.15, -0.1) is 0 Å². The second-order valence-corrected chi connectivity index (χ2v) is 3.71. The van der Waals surface area contributed by atoms with Crippen molar-refractivity contribution in [2.75, 3.05) is 19.7 Å². The van der Waals surface area contributed by atoms with Crippen molar-refractivity contribution in [2.45, 2.75) is 26.7 Å². The fourth-order valence-electron chi connectivity index (χ4n) is 1.51. The SMILES string of the molecule is CCONC(=O)C1(C)CCCNC1. The van der Waals surface area contributed by atoms with Crippen LogP contribution in [0.5, 0.6) is 0 Å². The Morgan fingerprint density at radius 3 is 3.00 bits per heavy atom. The van der Waals surface area contributed by atoms with E-state index in [0.29, 0.717) is 6.61 Å². The minimum Gasteiger partial charge on any atom is -0.316 e. The van der Waals surface area contributed by atoms with Crippen LogP contribution in [-0.4, -0.2) is 25.6 Å². The monoisotopic (exact) mass is 186 g/mol. The summed E-state index contributed by atoms with van der Waals surface area (Å²) in [6.07, 6.45) is 1.98. The second kappa shape index (κ2) is 4.58. The summed E-state index contributed by atoms with van der Waals surface area (Å²) in [5, 5.41) is 3.22. The summed E-state index contributed by atoms with van der Waals surface area (Å²) in [5.74, 6) is -0.0125. The molecule has 0 saturated carbocycles. The minimum absolute atomic E-state index is 0.0125. The number of hydrogen-bond donors (Lipinski definition) is 2. The van der Waals surface area contributed by atoms with Gasteiger partial charge in [-0.1, -0.05) is 0 Å². The van der Waals surface area contributed by atoms with Crippen LogP contribution in [0.15, 0.2) is 0 Å². The zero-order chi connectivity index (χ0) is 9.73. The molecule has 1 aliphatic rings. The van der Waals surface area contributed by atoms with Crippen LogP contribution in [0.25, 0.3) is 0 Å². The Kier molecular flexibility index (Phi) is 3.69. The second-order valence-electron chi connectivity index (χ2n) is 3.71. The van der Waals surface area contributed by atoms with E-state index < -0.39 is 0 Å². The summed E-state index contributed by atoms with van der Waals surface area (Å²) in [5.41, 5.74) is 2.17. The largest absolute Gasteiger partial charge is 0.316 e. The third-order valence-electron chi connectivity index (χ3n) is 2.45. The van der Waals surface area contributed by atoms with E-state index in [2.05, 4.69) is 10.8 Å². The minimum atomic E-state index is -0.298. The lowest BCUT2D eigenvalue weighted by molar-refractivity contribution is -0.143. The van der Waals surface area contributed by atoms with Gasteiger partial charge in [0.1, 0.15) is 0 Å². The Morgan fingerprint density at radius 1 is 1.69 bits per heavy atom. The van der Waals surface area contributed by atoms with E-state index in [1.54, 1.807) is 0 Å². The zero-order valence-electron chi connectivity index (χ0n) is 8.35. The molecule has 1 rings (SSSR count). The third kappa shape index (κ3) is 2.67. The number of carbonyl (C=O) groups excluding carboxylic acids is 1. The molecule has 13 heavy (non-hydrogen) atoms. The molecule has 0 aliphatic carbocycles. The normalized spacial score (nSPS) is 28.5. The third-order valence-corrected chi connectivity index (χ3v) is 2.45. The zero-order valence-corrected chi connectivity index (χ0v) is 8.35. The number of amides is 1. The van der Waals surface area contributed by atoms with Gasteiger partial charge < -0.3 is 5.32 Å². The lowest BCUT2D eigenvalue weighted by Gasteiger charge is -2.32. The molecule has 0 spiro atoms. The first-order valence-electron chi connectivity index (χ1n) is 4.82. The molecule has 4 nitrogen and oxygen atoms in total. The molecule has 0 bridgehead atoms. The fourth-order valence-corrected chi connectivity index (χ4v) is 1.51. The van der Waals surface area contributed by atoms with Crippen molar-refractivity contribution in [3.63, 3.8) is 0 Å². The average molecular weight is 186 g/mol. The van der Waals surface area contributed by atoms with Gasteiger partial charge in [0.2, 0.25) is 0 Å². The highest BCUT2D eigenvalue weighted by Gasteiger charge is 2.34. The molecule has 1 amide bonds. The number of hydrogen-bond acceptors (Lipinski definition) is 3. The van der Waals surface area contributed by atoms with Gasteiger partial charge in [-0.3, -0.25) is 9.63 Å². The van der Waals surface area contributed by atoms with Gasteiger partial charge in [0.05, 0.1) is 12.0 Å². The van der Waals surface area contributed by atoms with Crippen LogP contribution in [0.3, 0.4) is 0 Å². The van der Waals surface area contributed by atoms with E-state index in [9.17, 15) is 4.79 Å². The summed E-state index contributed by atoms with van der Waals surface area (Å²) in [6, 6.07) is 0. The molecule has 1 atom stereocenters. The Balaban J connectivity index is 2.42. The van der Waals surface area contributed by atoms with Crippen molar-refractivity contribution in [3.8, 4) is 0 Å². The molecule has 0 aromatic carbocycles. The van der Waals surface area contributed by atoms with Crippen molar-refractivity contribution >= 4 is 5.91 Å². The highest BCUT2D eigenvalue weighted by Crippen LogP contribution is 2.25. The first-order chi connectivity index (χ1) is 6.19. The quantitative estimate of drug-likeness (QED) is 0.629. The summed E-state index contributed by atoms with van der Waals surface area (Å²) in [7, 11) is 0. The first-order valence-corrected chi connectivity index (χ1v) is 4.82.